The molecule has 0 radical (unpaired) electrons. The van der Waals surface area contributed by atoms with Gasteiger partial charge in [-0.3, -0.25) is 9.80 Å². The van der Waals surface area contributed by atoms with Crippen molar-refractivity contribution in [1.29, 1.82) is 0 Å². The van der Waals surface area contributed by atoms with Crippen LogP contribution in [0.2, 0.25) is 5.02 Å². The van der Waals surface area contributed by atoms with Crippen molar-refractivity contribution in [3.63, 3.8) is 0 Å². The van der Waals surface area contributed by atoms with Gasteiger partial charge in [-0.25, -0.2) is 9.69 Å². The average Bonchev–Trinajstić information content (AvgIpc) is 3.48. The third-order valence-electron chi connectivity index (χ3n) is 6.05. The van der Waals surface area contributed by atoms with Gasteiger partial charge in [-0.1, -0.05) is 57.9 Å². The van der Waals surface area contributed by atoms with Gasteiger partial charge in [-0.15, -0.1) is 0 Å². The van der Waals surface area contributed by atoms with E-state index in [0.717, 1.165) is 20.5 Å². The zero-order valence-electron chi connectivity index (χ0n) is 18.7. The zero-order chi connectivity index (χ0) is 24.5. The predicted octanol–water partition coefficient (Wildman–Crippen LogP) is 5.47. The molecule has 7 nitrogen and oxygen atoms in total. The second-order valence-electron chi connectivity index (χ2n) is 8.09. The number of benzene rings is 3. The Morgan fingerprint density at radius 1 is 1.11 bits per heavy atom. The van der Waals surface area contributed by atoms with Crippen LogP contribution in [0.15, 0.2) is 82.4 Å². The van der Waals surface area contributed by atoms with Crippen LogP contribution in [-0.2, 0) is 9.53 Å². The van der Waals surface area contributed by atoms with Crippen molar-refractivity contribution in [2.45, 2.75) is 12.0 Å². The highest BCUT2D eigenvalue weighted by atomic mass is 79.9. The van der Waals surface area contributed by atoms with Crippen molar-refractivity contribution in [3.05, 3.63) is 93.4 Å². The summed E-state index contributed by atoms with van der Waals surface area (Å²) in [5.74, 6) is -0.326. The minimum Gasteiger partial charge on any atom is -0.496 e. The van der Waals surface area contributed by atoms with E-state index in [1.165, 1.54) is 0 Å². The molecule has 0 saturated carbocycles. The molecule has 2 heterocycles. The molecule has 2 aliphatic rings. The Kier molecular flexibility index (Phi) is 6.49. The van der Waals surface area contributed by atoms with Gasteiger partial charge >= 0.3 is 6.09 Å². The summed E-state index contributed by atoms with van der Waals surface area (Å²) in [5, 5.41) is 7.18. The third-order valence-corrected chi connectivity index (χ3v) is 6.82. The lowest BCUT2D eigenvalue weighted by atomic mass is 9.83. The van der Waals surface area contributed by atoms with Crippen LogP contribution in [0.1, 0.15) is 17.0 Å². The first-order valence-corrected chi connectivity index (χ1v) is 12.2. The maximum Gasteiger partial charge on any atom is 0.416 e. The second kappa shape index (κ2) is 9.71. The van der Waals surface area contributed by atoms with E-state index in [-0.39, 0.29) is 13.2 Å². The van der Waals surface area contributed by atoms with E-state index in [2.05, 4.69) is 15.9 Å². The fourth-order valence-electron chi connectivity index (χ4n) is 4.47. The lowest BCUT2D eigenvalue weighted by molar-refractivity contribution is -0.129. The highest BCUT2D eigenvalue weighted by molar-refractivity contribution is 9.10. The normalized spacial score (nSPS) is 19.5. The molecule has 0 bridgehead atoms. The first-order chi connectivity index (χ1) is 17.0. The van der Waals surface area contributed by atoms with Gasteiger partial charge < -0.3 is 9.47 Å². The van der Waals surface area contributed by atoms with Gasteiger partial charge in [0.05, 0.1) is 31.0 Å². The van der Waals surface area contributed by atoms with Gasteiger partial charge in [0.15, 0.2) is 0 Å². The van der Waals surface area contributed by atoms with Crippen molar-refractivity contribution in [3.8, 4) is 5.75 Å². The number of para-hydroxylation sites is 1. The van der Waals surface area contributed by atoms with Crippen molar-refractivity contribution in [2.24, 2.45) is 5.10 Å². The molecule has 0 aromatic heterocycles. The topological polar surface area (TPSA) is 71.4 Å². The summed E-state index contributed by atoms with van der Waals surface area (Å²) < 4.78 is 11.6. The lowest BCUT2D eigenvalue weighted by Gasteiger charge is -2.30. The predicted molar refractivity (Wildman–Crippen MR) is 137 cm³/mol. The summed E-state index contributed by atoms with van der Waals surface area (Å²) in [6.45, 7) is 0.352. The maximum atomic E-state index is 14.0. The lowest BCUT2D eigenvalue weighted by Crippen LogP contribution is -2.48. The first-order valence-electron chi connectivity index (χ1n) is 11.0. The highest BCUT2D eigenvalue weighted by Crippen LogP contribution is 2.42. The fraction of sp³-hybridized carbons (Fsp3) is 0.192. The van der Waals surface area contributed by atoms with E-state index < -0.39 is 24.0 Å². The molecule has 5 rings (SSSR count). The molecule has 1 saturated heterocycles. The minimum absolute atomic E-state index is 0.164. The molecule has 0 unspecified atom stereocenters. The Morgan fingerprint density at radius 3 is 2.57 bits per heavy atom. The van der Waals surface area contributed by atoms with Crippen LogP contribution in [0.4, 0.5) is 10.5 Å². The molecular weight excluding hydrogens is 534 g/mol. The molecule has 0 aliphatic carbocycles. The monoisotopic (exact) mass is 553 g/mol. The van der Waals surface area contributed by atoms with E-state index in [0.29, 0.717) is 22.2 Å². The van der Waals surface area contributed by atoms with Gasteiger partial charge in [0.2, 0.25) is 0 Å². The molecule has 178 valence electrons. The Morgan fingerprint density at radius 2 is 1.89 bits per heavy atom. The highest BCUT2D eigenvalue weighted by Gasteiger charge is 2.48. The number of cyclic esters (lactones) is 1. The number of ether oxygens (including phenoxy) is 2. The number of hydrogen-bond donors (Lipinski definition) is 0. The number of methoxy groups -OCH3 is 1. The Hall–Kier alpha value is -3.36. The standard InChI is InChI=1S/C26H21BrClN3O4/c1-34-21-8-3-2-7-20(21)22-23(16-5-4-6-18(28)15-16)29-31(19-11-9-17(27)10-12-19)24(22)25(32)30-13-14-35-26(30)33/h2-12,15,22,24H,13-14H2,1H3/t22-,24-/m1/s1. The number of anilines is 1. The van der Waals surface area contributed by atoms with Crippen LogP contribution in [0.3, 0.4) is 0 Å². The maximum absolute atomic E-state index is 14.0. The number of rotatable bonds is 5. The molecule has 2 atom stereocenters. The fourth-order valence-corrected chi connectivity index (χ4v) is 4.92. The molecular formula is C26H21BrClN3O4. The van der Waals surface area contributed by atoms with E-state index in [1.54, 1.807) is 18.2 Å². The Labute approximate surface area is 216 Å². The number of amides is 2. The summed E-state index contributed by atoms with van der Waals surface area (Å²) >= 11 is 9.80. The average molecular weight is 555 g/mol. The van der Waals surface area contributed by atoms with Crippen molar-refractivity contribution in [2.75, 3.05) is 25.3 Å². The quantitative estimate of drug-likeness (QED) is 0.418. The van der Waals surface area contributed by atoms with Gasteiger partial charge in [0.1, 0.15) is 18.4 Å². The van der Waals surface area contributed by atoms with Crippen LogP contribution in [0.5, 0.6) is 5.75 Å². The molecule has 2 amide bonds. The van der Waals surface area contributed by atoms with E-state index >= 15 is 0 Å². The van der Waals surface area contributed by atoms with E-state index in [1.807, 2.05) is 66.7 Å². The Balaban J connectivity index is 1.72. The SMILES string of the molecule is COc1ccccc1[C@@H]1C(c2cccc(Cl)c2)=NN(c2ccc(Br)cc2)[C@H]1C(=O)N1CCOC1=O. The summed E-state index contributed by atoms with van der Waals surface area (Å²) in [6.07, 6.45) is -0.652. The van der Waals surface area contributed by atoms with Crippen molar-refractivity contribution >= 4 is 50.9 Å². The van der Waals surface area contributed by atoms with Crippen LogP contribution in [0, 0.1) is 0 Å². The van der Waals surface area contributed by atoms with Crippen molar-refractivity contribution in [1.82, 2.24) is 4.90 Å². The molecule has 0 N–H and O–H groups in total. The van der Waals surface area contributed by atoms with Crippen LogP contribution in [-0.4, -0.2) is 48.9 Å². The largest absolute Gasteiger partial charge is 0.496 e. The number of carbonyl (C=O) groups is 2. The number of halogens is 2. The van der Waals surface area contributed by atoms with Gasteiger partial charge in [-0.05, 0) is 48.0 Å². The van der Waals surface area contributed by atoms with Crippen molar-refractivity contribution < 1.29 is 19.1 Å². The summed E-state index contributed by atoms with van der Waals surface area (Å²) in [4.78, 5) is 27.5. The van der Waals surface area contributed by atoms with Crippen LogP contribution >= 0.6 is 27.5 Å². The van der Waals surface area contributed by atoms with Crippen LogP contribution in [0.25, 0.3) is 0 Å². The molecule has 3 aromatic rings. The number of imide groups is 1. The number of hydrogen-bond acceptors (Lipinski definition) is 6. The van der Waals surface area contributed by atoms with E-state index in [4.69, 9.17) is 26.2 Å². The minimum atomic E-state index is -0.855. The smallest absolute Gasteiger partial charge is 0.416 e. The molecule has 9 heteroatoms. The Bertz CT molecular complexity index is 1310. The molecule has 3 aromatic carbocycles. The third kappa shape index (κ3) is 4.39. The molecule has 35 heavy (non-hydrogen) atoms. The molecule has 0 spiro atoms. The number of nitrogens with zero attached hydrogens (tertiary/aromatic N) is 3. The zero-order valence-corrected chi connectivity index (χ0v) is 21.1. The summed E-state index contributed by atoms with van der Waals surface area (Å²) in [7, 11) is 1.59. The number of carbonyl (C=O) groups excluding carboxylic acids is 2. The summed E-state index contributed by atoms with van der Waals surface area (Å²) in [6, 6.07) is 21.5. The first kappa shape index (κ1) is 23.4. The second-order valence-corrected chi connectivity index (χ2v) is 9.44. The molecule has 2 aliphatic heterocycles. The van der Waals surface area contributed by atoms with Gasteiger partial charge in [-0.2, -0.15) is 5.10 Å². The van der Waals surface area contributed by atoms with E-state index in [9.17, 15) is 9.59 Å². The van der Waals surface area contributed by atoms with Gasteiger partial charge in [0.25, 0.3) is 5.91 Å². The number of hydrazone groups is 1. The summed E-state index contributed by atoms with van der Waals surface area (Å²) in [5.41, 5.74) is 2.90. The van der Waals surface area contributed by atoms with Crippen LogP contribution < -0.4 is 9.75 Å². The molecule has 1 fully saturated rings. The van der Waals surface area contributed by atoms with Gasteiger partial charge in [0, 0.05) is 15.1 Å².